The summed E-state index contributed by atoms with van der Waals surface area (Å²) in [5.41, 5.74) is 0. The molecule has 1 aliphatic rings. The van der Waals surface area contributed by atoms with Crippen LogP contribution >= 0.6 is 0 Å². The first-order chi connectivity index (χ1) is 9.79. The minimum absolute atomic E-state index is 0.207. The lowest BCUT2D eigenvalue weighted by molar-refractivity contribution is -0.0380. The van der Waals surface area contributed by atoms with Crippen LogP contribution in [0.3, 0.4) is 0 Å². The summed E-state index contributed by atoms with van der Waals surface area (Å²) in [6.07, 6.45) is 3.47. The summed E-state index contributed by atoms with van der Waals surface area (Å²) in [7, 11) is -2.85. The average molecular weight is 338 g/mol. The highest BCUT2D eigenvalue weighted by Gasteiger charge is 2.68. The van der Waals surface area contributed by atoms with E-state index in [1.165, 1.54) is 21.3 Å². The molecule has 1 N–H and O–H groups in total. The highest BCUT2D eigenvalue weighted by Crippen LogP contribution is 2.48. The Labute approximate surface area is 128 Å². The number of ether oxygens (including phenoxy) is 1. The van der Waals surface area contributed by atoms with E-state index in [4.69, 9.17) is 13.6 Å². The highest BCUT2D eigenvalue weighted by molar-refractivity contribution is 7.86. The van der Waals surface area contributed by atoms with Gasteiger partial charge in [-0.25, -0.2) is 0 Å². The van der Waals surface area contributed by atoms with Crippen LogP contribution in [0.4, 0.5) is 0 Å². The quantitative estimate of drug-likeness (QED) is 0.434. The standard InChI is InChI=1S/C13H26O6SSi/c1-6-11-9-8-10-21(18-4,19-5)13(11,17-3)12(7-2)20(14,15)16/h6,11-12H,1,7-10H2,2-5H3,(H,14,15,16). The molecule has 0 aliphatic carbocycles. The molecule has 1 aliphatic heterocycles. The van der Waals surface area contributed by atoms with E-state index in [-0.39, 0.29) is 12.3 Å². The lowest BCUT2D eigenvalue weighted by Gasteiger charge is -2.53. The highest BCUT2D eigenvalue weighted by atomic mass is 32.2. The van der Waals surface area contributed by atoms with E-state index in [1.54, 1.807) is 13.0 Å². The van der Waals surface area contributed by atoms with Crippen molar-refractivity contribution in [3.05, 3.63) is 12.7 Å². The Morgan fingerprint density at radius 1 is 1.43 bits per heavy atom. The summed E-state index contributed by atoms with van der Waals surface area (Å²) in [4.78, 5) is 0. The number of rotatable bonds is 7. The van der Waals surface area contributed by atoms with Crippen molar-refractivity contribution in [2.75, 3.05) is 21.3 Å². The fourth-order valence-corrected chi connectivity index (χ4v) is 10.0. The van der Waals surface area contributed by atoms with Gasteiger partial charge in [0.1, 0.15) is 10.5 Å². The fourth-order valence-electron chi connectivity index (χ4n) is 3.80. The summed E-state index contributed by atoms with van der Waals surface area (Å²) < 4.78 is 50.8. The third-order valence-corrected chi connectivity index (χ3v) is 10.7. The second-order valence-corrected chi connectivity index (χ2v) is 10.5. The molecule has 1 fully saturated rings. The van der Waals surface area contributed by atoms with Crippen LogP contribution in [-0.2, 0) is 23.7 Å². The summed E-state index contributed by atoms with van der Waals surface area (Å²) in [6.45, 7) is 5.52. The maximum Gasteiger partial charge on any atom is 0.372 e. The van der Waals surface area contributed by atoms with Crippen molar-refractivity contribution < 1.29 is 26.6 Å². The van der Waals surface area contributed by atoms with E-state index in [2.05, 4.69) is 6.58 Å². The molecule has 124 valence electrons. The maximum absolute atomic E-state index is 12.0. The van der Waals surface area contributed by atoms with Gasteiger partial charge in [0.05, 0.1) is 0 Å². The van der Waals surface area contributed by atoms with Crippen molar-refractivity contribution in [3.8, 4) is 0 Å². The van der Waals surface area contributed by atoms with Crippen LogP contribution in [0.5, 0.6) is 0 Å². The van der Waals surface area contributed by atoms with E-state index >= 15 is 0 Å². The topological polar surface area (TPSA) is 82.1 Å². The van der Waals surface area contributed by atoms with E-state index in [0.29, 0.717) is 6.04 Å². The molecule has 0 aromatic carbocycles. The Kier molecular flexibility index (Phi) is 6.16. The van der Waals surface area contributed by atoms with Crippen molar-refractivity contribution in [2.24, 2.45) is 5.92 Å². The molecular weight excluding hydrogens is 312 g/mol. The first-order valence-corrected chi connectivity index (χ1v) is 10.6. The smallest absolute Gasteiger partial charge is 0.372 e. The Morgan fingerprint density at radius 2 is 2.00 bits per heavy atom. The van der Waals surface area contributed by atoms with Crippen LogP contribution in [0.25, 0.3) is 0 Å². The van der Waals surface area contributed by atoms with Crippen LogP contribution in [0.15, 0.2) is 12.7 Å². The Bertz CT molecular complexity index is 461. The second-order valence-electron chi connectivity index (χ2n) is 5.30. The Morgan fingerprint density at radius 3 is 2.33 bits per heavy atom. The molecular formula is C13H26O6SSi. The van der Waals surface area contributed by atoms with Crippen molar-refractivity contribution in [1.82, 2.24) is 0 Å². The molecule has 0 aromatic heterocycles. The normalized spacial score (nSPS) is 30.8. The first kappa shape index (κ1) is 18.8. The van der Waals surface area contributed by atoms with Gasteiger partial charge in [0.15, 0.2) is 0 Å². The van der Waals surface area contributed by atoms with Gasteiger partial charge in [-0.1, -0.05) is 19.4 Å². The SMILES string of the molecule is C=CC1CCC[Si](OC)(OC)C1(OC)C(CC)S(=O)(=O)O. The molecule has 1 saturated heterocycles. The zero-order chi connectivity index (χ0) is 16.3. The third-order valence-electron chi connectivity index (χ3n) is 4.66. The third kappa shape index (κ3) is 2.85. The molecule has 21 heavy (non-hydrogen) atoms. The van der Waals surface area contributed by atoms with Gasteiger partial charge >= 0.3 is 8.56 Å². The van der Waals surface area contributed by atoms with Gasteiger partial charge in [-0.3, -0.25) is 4.55 Å². The lowest BCUT2D eigenvalue weighted by Crippen LogP contribution is -2.74. The van der Waals surface area contributed by atoms with Crippen LogP contribution in [0, 0.1) is 5.92 Å². The summed E-state index contributed by atoms with van der Waals surface area (Å²) >= 11 is 0. The minimum Gasteiger partial charge on any atom is -0.396 e. The van der Waals surface area contributed by atoms with Gasteiger partial charge in [-0.05, 0) is 18.9 Å². The van der Waals surface area contributed by atoms with Crippen LogP contribution in [0.1, 0.15) is 26.2 Å². The number of methoxy groups -OCH3 is 1. The molecule has 0 aromatic rings. The molecule has 0 amide bonds. The molecule has 3 unspecified atom stereocenters. The van der Waals surface area contributed by atoms with Crippen LogP contribution < -0.4 is 0 Å². The van der Waals surface area contributed by atoms with Crippen molar-refractivity contribution >= 4 is 18.7 Å². The van der Waals surface area contributed by atoms with Gasteiger partial charge in [0.25, 0.3) is 10.1 Å². The summed E-state index contributed by atoms with van der Waals surface area (Å²) in [5.74, 6) is -0.255. The molecule has 0 bridgehead atoms. The average Bonchev–Trinajstić information content (AvgIpc) is 2.46. The van der Waals surface area contributed by atoms with Crippen LogP contribution in [-0.4, -0.2) is 53.3 Å². The van der Waals surface area contributed by atoms with E-state index in [1.807, 2.05) is 0 Å². The molecule has 8 heteroatoms. The molecule has 1 heterocycles. The number of hydrogen-bond donors (Lipinski definition) is 1. The summed E-state index contributed by atoms with van der Waals surface area (Å²) in [5, 5.41) is -2.32. The zero-order valence-electron chi connectivity index (χ0n) is 13.2. The maximum atomic E-state index is 12.0. The van der Waals surface area contributed by atoms with Crippen molar-refractivity contribution in [2.45, 2.75) is 42.7 Å². The molecule has 0 radical (unpaired) electrons. The fraction of sp³-hybridized carbons (Fsp3) is 0.846. The van der Waals surface area contributed by atoms with E-state index < -0.39 is 29.2 Å². The second kappa shape index (κ2) is 6.89. The predicted octanol–water partition coefficient (Wildman–Crippen LogP) is 1.91. The molecule has 6 nitrogen and oxygen atoms in total. The Balaban J connectivity index is 3.62. The van der Waals surface area contributed by atoms with Gasteiger partial charge in [0.2, 0.25) is 0 Å². The number of hydrogen-bond acceptors (Lipinski definition) is 5. The summed E-state index contributed by atoms with van der Waals surface area (Å²) in [6, 6.07) is 0.615. The van der Waals surface area contributed by atoms with Crippen LogP contribution in [0.2, 0.25) is 6.04 Å². The minimum atomic E-state index is -4.32. The van der Waals surface area contributed by atoms with Crippen molar-refractivity contribution in [1.29, 1.82) is 0 Å². The molecule has 0 spiro atoms. The van der Waals surface area contributed by atoms with Gasteiger partial charge in [-0.15, -0.1) is 6.58 Å². The Hall–Kier alpha value is -0.253. The molecule has 3 atom stereocenters. The van der Waals surface area contributed by atoms with Gasteiger partial charge in [0, 0.05) is 27.2 Å². The largest absolute Gasteiger partial charge is 0.396 e. The van der Waals surface area contributed by atoms with E-state index in [9.17, 15) is 13.0 Å². The van der Waals surface area contributed by atoms with E-state index in [0.717, 1.165) is 12.8 Å². The molecule has 1 rings (SSSR count). The van der Waals surface area contributed by atoms with Gasteiger partial charge < -0.3 is 13.6 Å². The zero-order valence-corrected chi connectivity index (χ0v) is 15.0. The monoisotopic (exact) mass is 338 g/mol. The van der Waals surface area contributed by atoms with Crippen molar-refractivity contribution in [3.63, 3.8) is 0 Å². The first-order valence-electron chi connectivity index (χ1n) is 7.03. The lowest BCUT2D eigenvalue weighted by atomic mass is 9.92. The predicted molar refractivity (Wildman–Crippen MR) is 82.9 cm³/mol. The van der Waals surface area contributed by atoms with Gasteiger partial charge in [-0.2, -0.15) is 8.42 Å². The molecule has 0 saturated carbocycles.